The number of hydrogen-bond donors (Lipinski definition) is 0. The molecular formula is C18H21NO3. The molecule has 0 unspecified atom stereocenters. The lowest BCUT2D eigenvalue weighted by Crippen LogP contribution is -2.15. The highest BCUT2D eigenvalue weighted by molar-refractivity contribution is 6.00. The molecular weight excluding hydrogens is 278 g/mol. The van der Waals surface area contributed by atoms with Crippen molar-refractivity contribution < 1.29 is 14.3 Å². The highest BCUT2D eigenvalue weighted by Gasteiger charge is 2.17. The van der Waals surface area contributed by atoms with Gasteiger partial charge in [-0.15, -0.1) is 0 Å². The van der Waals surface area contributed by atoms with Crippen LogP contribution in [0.4, 0.5) is 0 Å². The van der Waals surface area contributed by atoms with Crippen molar-refractivity contribution in [1.82, 2.24) is 4.57 Å². The highest BCUT2D eigenvalue weighted by atomic mass is 16.5. The Morgan fingerprint density at radius 2 is 1.73 bits per heavy atom. The molecule has 0 aliphatic carbocycles. The first-order valence-electron chi connectivity index (χ1n) is 7.21. The minimum Gasteiger partial charge on any atom is -0.454 e. The Hall–Kier alpha value is -2.36. The van der Waals surface area contributed by atoms with E-state index in [1.165, 1.54) is 0 Å². The summed E-state index contributed by atoms with van der Waals surface area (Å²) >= 11 is 0. The van der Waals surface area contributed by atoms with E-state index in [0.29, 0.717) is 11.1 Å². The average Bonchev–Trinajstić information content (AvgIpc) is 2.72. The summed E-state index contributed by atoms with van der Waals surface area (Å²) in [5, 5.41) is 0. The molecule has 0 atom stereocenters. The van der Waals surface area contributed by atoms with Gasteiger partial charge in [0.25, 0.3) is 0 Å². The Bertz CT molecular complexity index is 741. The summed E-state index contributed by atoms with van der Waals surface area (Å²) in [5.74, 6) is -0.643. The SMILES string of the molecule is Cc1ccc(C(=O)OCC(=O)c2cc(C)n(C)c2C)c(C)c1. The van der Waals surface area contributed by atoms with Gasteiger partial charge in [0.2, 0.25) is 5.78 Å². The van der Waals surface area contributed by atoms with E-state index in [1.54, 1.807) is 6.07 Å². The van der Waals surface area contributed by atoms with Crippen molar-refractivity contribution in [2.75, 3.05) is 6.61 Å². The summed E-state index contributed by atoms with van der Waals surface area (Å²) in [6.07, 6.45) is 0. The third-order valence-corrected chi connectivity index (χ3v) is 4.01. The van der Waals surface area contributed by atoms with Gasteiger partial charge in [-0.25, -0.2) is 4.79 Å². The lowest BCUT2D eigenvalue weighted by Gasteiger charge is -2.07. The van der Waals surface area contributed by atoms with Gasteiger partial charge in [0.15, 0.2) is 6.61 Å². The van der Waals surface area contributed by atoms with Crippen LogP contribution >= 0.6 is 0 Å². The third kappa shape index (κ3) is 3.11. The molecule has 0 N–H and O–H groups in total. The Morgan fingerprint density at radius 1 is 1.05 bits per heavy atom. The second kappa shape index (κ2) is 6.18. The van der Waals surface area contributed by atoms with Crippen LogP contribution in [0.25, 0.3) is 0 Å². The quantitative estimate of drug-likeness (QED) is 0.643. The van der Waals surface area contributed by atoms with E-state index in [-0.39, 0.29) is 12.4 Å². The van der Waals surface area contributed by atoms with Gasteiger partial charge in [0.1, 0.15) is 0 Å². The predicted octanol–water partition coefficient (Wildman–Crippen LogP) is 3.30. The van der Waals surface area contributed by atoms with Crippen LogP contribution in [0.1, 0.15) is 43.2 Å². The maximum atomic E-state index is 12.2. The zero-order valence-corrected chi connectivity index (χ0v) is 13.7. The summed E-state index contributed by atoms with van der Waals surface area (Å²) in [4.78, 5) is 24.3. The van der Waals surface area contributed by atoms with E-state index in [1.807, 2.05) is 57.5 Å². The maximum Gasteiger partial charge on any atom is 0.338 e. The van der Waals surface area contributed by atoms with Crippen LogP contribution in [-0.2, 0) is 11.8 Å². The van der Waals surface area contributed by atoms with E-state index >= 15 is 0 Å². The number of carbonyl (C=O) groups is 2. The Kier molecular flexibility index (Phi) is 4.50. The molecule has 0 saturated heterocycles. The number of hydrogen-bond acceptors (Lipinski definition) is 3. The van der Waals surface area contributed by atoms with Gasteiger partial charge in [0.05, 0.1) is 5.56 Å². The molecule has 2 aromatic rings. The standard InChI is InChI=1S/C18H21NO3/c1-11-6-7-15(12(2)8-11)18(21)22-10-17(20)16-9-13(3)19(5)14(16)4/h6-9H,10H2,1-5H3. The lowest BCUT2D eigenvalue weighted by molar-refractivity contribution is 0.0474. The van der Waals surface area contributed by atoms with Crippen molar-refractivity contribution in [2.24, 2.45) is 7.05 Å². The van der Waals surface area contributed by atoms with Crippen LogP contribution in [0.5, 0.6) is 0 Å². The molecule has 1 aromatic carbocycles. The van der Waals surface area contributed by atoms with E-state index in [9.17, 15) is 9.59 Å². The molecule has 0 radical (unpaired) electrons. The number of benzene rings is 1. The molecule has 0 fully saturated rings. The zero-order chi connectivity index (χ0) is 16.4. The van der Waals surface area contributed by atoms with Crippen molar-refractivity contribution in [1.29, 1.82) is 0 Å². The first kappa shape index (κ1) is 16.0. The number of ketones is 1. The molecule has 0 aliphatic heterocycles. The average molecular weight is 299 g/mol. The molecule has 22 heavy (non-hydrogen) atoms. The molecule has 1 heterocycles. The lowest BCUT2D eigenvalue weighted by atomic mass is 10.1. The summed E-state index contributed by atoms with van der Waals surface area (Å²) in [5.41, 5.74) is 4.92. The van der Waals surface area contributed by atoms with Gasteiger partial charge >= 0.3 is 5.97 Å². The van der Waals surface area contributed by atoms with Gasteiger partial charge in [-0.3, -0.25) is 4.79 Å². The second-order valence-electron chi connectivity index (χ2n) is 5.66. The van der Waals surface area contributed by atoms with Gasteiger partial charge in [-0.2, -0.15) is 0 Å². The fourth-order valence-corrected chi connectivity index (χ4v) is 2.47. The van der Waals surface area contributed by atoms with Crippen LogP contribution < -0.4 is 0 Å². The molecule has 0 spiro atoms. The van der Waals surface area contributed by atoms with E-state index < -0.39 is 5.97 Å². The summed E-state index contributed by atoms with van der Waals surface area (Å²) in [6.45, 7) is 7.40. The molecule has 0 saturated carbocycles. The monoisotopic (exact) mass is 299 g/mol. The fourth-order valence-electron chi connectivity index (χ4n) is 2.47. The van der Waals surface area contributed by atoms with Crippen molar-refractivity contribution in [2.45, 2.75) is 27.7 Å². The molecule has 4 heteroatoms. The highest BCUT2D eigenvalue weighted by Crippen LogP contribution is 2.15. The van der Waals surface area contributed by atoms with Crippen molar-refractivity contribution in [3.63, 3.8) is 0 Å². The first-order chi connectivity index (χ1) is 10.3. The third-order valence-electron chi connectivity index (χ3n) is 4.01. The maximum absolute atomic E-state index is 12.2. The molecule has 2 rings (SSSR count). The summed E-state index contributed by atoms with van der Waals surface area (Å²) < 4.78 is 7.12. The normalized spacial score (nSPS) is 10.6. The minimum absolute atomic E-state index is 0.181. The topological polar surface area (TPSA) is 48.3 Å². The Morgan fingerprint density at radius 3 is 2.27 bits per heavy atom. The van der Waals surface area contributed by atoms with Crippen LogP contribution in [0.15, 0.2) is 24.3 Å². The van der Waals surface area contributed by atoms with Crippen molar-refractivity contribution in [3.8, 4) is 0 Å². The number of rotatable bonds is 4. The van der Waals surface area contributed by atoms with Crippen LogP contribution in [-0.4, -0.2) is 22.9 Å². The van der Waals surface area contributed by atoms with E-state index in [2.05, 4.69) is 0 Å². The van der Waals surface area contributed by atoms with Crippen LogP contribution in [0.2, 0.25) is 0 Å². The Labute approximate surface area is 130 Å². The molecule has 0 aliphatic rings. The smallest absolute Gasteiger partial charge is 0.338 e. The molecule has 0 amide bonds. The number of Topliss-reactive ketones (excluding diaryl/α,β-unsaturated/α-hetero) is 1. The largest absolute Gasteiger partial charge is 0.454 e. The second-order valence-corrected chi connectivity index (χ2v) is 5.66. The van der Waals surface area contributed by atoms with Gasteiger partial charge in [0, 0.05) is 24.0 Å². The minimum atomic E-state index is -0.462. The number of esters is 1. The number of aromatic nitrogens is 1. The van der Waals surface area contributed by atoms with E-state index in [4.69, 9.17) is 4.74 Å². The van der Waals surface area contributed by atoms with Gasteiger partial charge < -0.3 is 9.30 Å². The molecule has 116 valence electrons. The molecule has 0 bridgehead atoms. The summed E-state index contributed by atoms with van der Waals surface area (Å²) in [7, 11) is 1.91. The first-order valence-corrected chi connectivity index (χ1v) is 7.21. The van der Waals surface area contributed by atoms with Gasteiger partial charge in [-0.05, 0) is 45.4 Å². The fraction of sp³-hybridized carbons (Fsp3) is 0.333. The number of nitrogens with zero attached hydrogens (tertiary/aromatic N) is 1. The van der Waals surface area contributed by atoms with Crippen LogP contribution in [0, 0.1) is 27.7 Å². The molecule has 1 aromatic heterocycles. The van der Waals surface area contributed by atoms with Crippen molar-refractivity contribution >= 4 is 11.8 Å². The number of aryl methyl sites for hydroxylation is 3. The van der Waals surface area contributed by atoms with Gasteiger partial charge in [-0.1, -0.05) is 17.7 Å². The number of ether oxygens (including phenoxy) is 1. The summed E-state index contributed by atoms with van der Waals surface area (Å²) in [6, 6.07) is 7.33. The van der Waals surface area contributed by atoms with Crippen LogP contribution in [0.3, 0.4) is 0 Å². The van der Waals surface area contributed by atoms with E-state index in [0.717, 1.165) is 22.5 Å². The molecule has 4 nitrogen and oxygen atoms in total. The zero-order valence-electron chi connectivity index (χ0n) is 13.7. The number of carbonyl (C=O) groups excluding carboxylic acids is 2. The predicted molar refractivity (Wildman–Crippen MR) is 85.4 cm³/mol. The Balaban J connectivity index is 2.07. The van der Waals surface area contributed by atoms with Crippen molar-refractivity contribution in [3.05, 3.63) is 57.9 Å².